The van der Waals surface area contributed by atoms with Crippen molar-refractivity contribution >= 4 is 0 Å². The molecule has 212 valence electrons. The van der Waals surface area contributed by atoms with Crippen LogP contribution in [0.15, 0.2) is 0 Å². The van der Waals surface area contributed by atoms with Gasteiger partial charge in [0, 0.05) is 5.92 Å². The average Bonchev–Trinajstić information content (AvgIpc) is 2.64. The second-order valence-corrected chi connectivity index (χ2v) is 6.80. The van der Waals surface area contributed by atoms with Gasteiger partial charge >= 0.3 is 59.5 Å². The highest BCUT2D eigenvalue weighted by Gasteiger charge is 2.97. The van der Waals surface area contributed by atoms with E-state index < -0.39 is 72.0 Å². The molecule has 0 bridgehead atoms. The third-order valence-electron chi connectivity index (χ3n) is 4.43. The molecule has 22 heteroatoms. The van der Waals surface area contributed by atoms with E-state index in [-0.39, 0.29) is 6.92 Å². The van der Waals surface area contributed by atoms with E-state index in [0.29, 0.717) is 0 Å². The molecule has 0 aliphatic rings. The summed E-state index contributed by atoms with van der Waals surface area (Å²) >= 11 is 0. The van der Waals surface area contributed by atoms with Crippen LogP contribution in [-0.2, 0) is 0 Å². The van der Waals surface area contributed by atoms with Crippen molar-refractivity contribution in [3.63, 3.8) is 0 Å². The summed E-state index contributed by atoms with van der Waals surface area (Å²) in [7, 11) is 0. The molecule has 0 aliphatic carbocycles. The molecule has 1 atom stereocenters. The second-order valence-electron chi connectivity index (χ2n) is 6.80. The van der Waals surface area contributed by atoms with Crippen LogP contribution >= 0.6 is 0 Å². The van der Waals surface area contributed by atoms with E-state index in [9.17, 15) is 92.2 Å². The fraction of sp³-hybridized carbons (Fsp3) is 1.00. The summed E-state index contributed by atoms with van der Waals surface area (Å²) < 4.78 is 274. The van der Waals surface area contributed by atoms with E-state index in [0.717, 1.165) is 0 Å². The highest BCUT2D eigenvalue weighted by molar-refractivity contribution is 5.18. The highest BCUT2D eigenvalue weighted by atomic mass is 19.4. The topological polar surface area (TPSA) is 20.2 Å². The van der Waals surface area contributed by atoms with Gasteiger partial charge in [0.05, 0.1) is 6.61 Å². The van der Waals surface area contributed by atoms with Gasteiger partial charge in [0.1, 0.15) is 0 Å². The molecule has 0 aromatic carbocycles. The molecular weight excluding hydrogens is 571 g/mol. The van der Waals surface area contributed by atoms with Crippen molar-refractivity contribution in [2.24, 2.45) is 5.92 Å². The van der Waals surface area contributed by atoms with Crippen LogP contribution in [0.25, 0.3) is 0 Å². The van der Waals surface area contributed by atoms with Crippen molar-refractivity contribution < 1.29 is 97.3 Å². The summed E-state index contributed by atoms with van der Waals surface area (Å²) in [4.78, 5) is 0. The molecule has 0 radical (unpaired) electrons. The first-order valence-electron chi connectivity index (χ1n) is 7.81. The van der Waals surface area contributed by atoms with Gasteiger partial charge < -0.3 is 5.11 Å². The highest BCUT2D eigenvalue weighted by Crippen LogP contribution is 2.66. The van der Waals surface area contributed by atoms with E-state index in [1.807, 2.05) is 0 Å². The second kappa shape index (κ2) is 8.25. The van der Waals surface area contributed by atoms with Crippen molar-refractivity contribution in [3.8, 4) is 0 Å². The molecule has 35 heavy (non-hydrogen) atoms. The maximum atomic E-state index is 13.5. The molecule has 1 nitrogen and oxygen atoms in total. The van der Waals surface area contributed by atoms with Gasteiger partial charge in [0.25, 0.3) is 0 Å². The third kappa shape index (κ3) is 3.95. The molecule has 0 fully saturated rings. The third-order valence-corrected chi connectivity index (χ3v) is 4.43. The van der Waals surface area contributed by atoms with Gasteiger partial charge in [0.15, 0.2) is 0 Å². The van der Waals surface area contributed by atoms with Gasteiger partial charge in [-0.1, -0.05) is 6.92 Å². The Kier molecular flexibility index (Phi) is 7.89. The Morgan fingerprint density at radius 1 is 0.400 bits per heavy atom. The molecule has 1 N–H and O–H groups in total. The van der Waals surface area contributed by atoms with Crippen molar-refractivity contribution in [1.29, 1.82) is 0 Å². The van der Waals surface area contributed by atoms with Gasteiger partial charge in [-0.15, -0.1) is 0 Å². The van der Waals surface area contributed by atoms with Gasteiger partial charge in [-0.3, -0.25) is 0 Å². The zero-order chi connectivity index (χ0) is 29.3. The lowest BCUT2D eigenvalue weighted by atomic mass is 9.84. The van der Waals surface area contributed by atoms with Crippen molar-refractivity contribution in [2.45, 2.75) is 66.4 Å². The number of hydrogen-bond acceptors (Lipinski definition) is 1. The van der Waals surface area contributed by atoms with Gasteiger partial charge in [-0.25, -0.2) is 0 Å². The monoisotopic (exact) mass is 578 g/mol. The number of hydrogen-bond donors (Lipinski definition) is 1. The van der Waals surface area contributed by atoms with Crippen LogP contribution in [0.1, 0.15) is 6.92 Å². The Morgan fingerprint density at radius 3 is 0.800 bits per heavy atom. The largest absolute Gasteiger partial charge is 0.460 e. The van der Waals surface area contributed by atoms with E-state index in [1.165, 1.54) is 0 Å². The average molecular weight is 578 g/mol. The summed E-state index contributed by atoms with van der Waals surface area (Å²) in [6.07, 6.45) is -8.01. The smallest absolute Gasteiger partial charge is 0.396 e. The summed E-state index contributed by atoms with van der Waals surface area (Å²) in [6.45, 7) is -2.67. The molecule has 0 saturated carbocycles. The first-order chi connectivity index (χ1) is 14.7. The quantitative estimate of drug-likeness (QED) is 0.280. The first kappa shape index (κ1) is 33.5. The van der Waals surface area contributed by atoms with E-state index in [1.54, 1.807) is 0 Å². The number of rotatable bonds is 10. The maximum Gasteiger partial charge on any atom is 0.460 e. The summed E-state index contributed by atoms with van der Waals surface area (Å²) in [5.74, 6) is -80.7. The van der Waals surface area contributed by atoms with Crippen molar-refractivity contribution in [2.75, 3.05) is 6.61 Å². The summed E-state index contributed by atoms with van der Waals surface area (Å²) in [5, 5.41) is 8.27. The molecule has 0 heterocycles. The lowest BCUT2D eigenvalue weighted by Crippen LogP contribution is -2.77. The fourth-order valence-corrected chi connectivity index (χ4v) is 1.99. The molecule has 1 unspecified atom stereocenters. The van der Waals surface area contributed by atoms with E-state index >= 15 is 0 Å². The minimum absolute atomic E-state index is 0.344. The fourth-order valence-electron chi connectivity index (χ4n) is 1.99. The lowest BCUT2D eigenvalue weighted by Gasteiger charge is -2.45. The Hall–Kier alpha value is -1.51. The molecule has 0 rings (SSSR count). The van der Waals surface area contributed by atoms with Gasteiger partial charge in [-0.2, -0.15) is 92.2 Å². The lowest BCUT2D eigenvalue weighted by molar-refractivity contribution is -0.475. The SMILES string of the molecule is CC(CO)C(F)(F)C(F)(F)C(F)(F)C(F)(F)C(F)(F)C(F)(F)C(F)(F)C(F)(F)C(F)(F)C(F)(F)F. The molecular formula is C13H7F21O. The molecule has 0 aliphatic heterocycles. The zero-order valence-corrected chi connectivity index (χ0v) is 15.7. The molecule has 0 spiro atoms. The first-order valence-corrected chi connectivity index (χ1v) is 7.81. The van der Waals surface area contributed by atoms with Gasteiger partial charge in [-0.05, 0) is 0 Å². The Labute approximate surface area is 177 Å². The van der Waals surface area contributed by atoms with Crippen LogP contribution in [0.4, 0.5) is 92.2 Å². The summed E-state index contributed by atoms with van der Waals surface area (Å²) in [5.41, 5.74) is 0. The molecule has 0 amide bonds. The number of alkyl halides is 21. The van der Waals surface area contributed by atoms with Crippen molar-refractivity contribution in [1.82, 2.24) is 0 Å². The molecule has 0 aromatic rings. The minimum atomic E-state index is -9.18. The zero-order valence-electron chi connectivity index (χ0n) is 15.7. The van der Waals surface area contributed by atoms with Gasteiger partial charge in [0.2, 0.25) is 0 Å². The van der Waals surface area contributed by atoms with Crippen molar-refractivity contribution in [3.05, 3.63) is 0 Å². The Morgan fingerprint density at radius 2 is 0.600 bits per heavy atom. The number of aliphatic hydroxyl groups is 1. The normalized spacial score (nSPS) is 17.6. The van der Waals surface area contributed by atoms with E-state index in [2.05, 4.69) is 0 Å². The van der Waals surface area contributed by atoms with Crippen LogP contribution in [0, 0.1) is 5.92 Å². The molecule has 0 saturated heterocycles. The van der Waals surface area contributed by atoms with E-state index in [4.69, 9.17) is 5.11 Å². The minimum Gasteiger partial charge on any atom is -0.396 e. The predicted octanol–water partition coefficient (Wildman–Crippen LogP) is 6.89. The maximum absolute atomic E-state index is 13.5. The standard InChI is InChI=1S/C13H7F21O/c1-3(2-35)4(14,15)5(16,17)6(18,19)7(20,21)8(22,23)9(24,25)10(26,27)11(28,29)12(30,31)13(32,33)34/h3,35H,2H2,1H3. The van der Waals surface area contributed by atoms with Crippen LogP contribution in [0.2, 0.25) is 0 Å². The predicted molar refractivity (Wildman–Crippen MR) is 66.8 cm³/mol. The number of halogens is 21. The molecule has 0 aromatic heterocycles. The summed E-state index contributed by atoms with van der Waals surface area (Å²) in [6, 6.07) is 0. The van der Waals surface area contributed by atoms with Crippen LogP contribution in [-0.4, -0.2) is 71.2 Å². The van der Waals surface area contributed by atoms with Crippen LogP contribution in [0.5, 0.6) is 0 Å². The van der Waals surface area contributed by atoms with Crippen LogP contribution < -0.4 is 0 Å². The Balaban J connectivity index is 7.09. The van der Waals surface area contributed by atoms with Crippen LogP contribution in [0.3, 0.4) is 0 Å². The number of aliphatic hydroxyl groups excluding tert-OH is 1. The Bertz CT molecular complexity index is 762.